The van der Waals surface area contributed by atoms with Gasteiger partial charge in [-0.25, -0.2) is 8.78 Å². The summed E-state index contributed by atoms with van der Waals surface area (Å²) < 4.78 is 32.1. The molecule has 0 bridgehead atoms. The Kier molecular flexibility index (Phi) is 4.56. The molecule has 0 heterocycles. The smallest absolute Gasteiger partial charge is 0.169 e. The van der Waals surface area contributed by atoms with Gasteiger partial charge >= 0.3 is 0 Å². The van der Waals surface area contributed by atoms with E-state index in [4.69, 9.17) is 4.74 Å². The molecule has 1 aromatic carbocycles. The Balaban J connectivity index is 1.84. The summed E-state index contributed by atoms with van der Waals surface area (Å²) in [6, 6.07) is 2.68. The van der Waals surface area contributed by atoms with Crippen molar-refractivity contribution < 1.29 is 13.5 Å². The second-order valence-corrected chi connectivity index (χ2v) is 5.65. The molecular weight excluding hydrogens is 304 g/mol. The van der Waals surface area contributed by atoms with E-state index in [0.29, 0.717) is 17.1 Å². The van der Waals surface area contributed by atoms with E-state index in [-0.39, 0.29) is 11.7 Å². The molecule has 1 fully saturated rings. The maximum Gasteiger partial charge on any atom is 0.169 e. The van der Waals surface area contributed by atoms with Gasteiger partial charge < -0.3 is 10.1 Å². The van der Waals surface area contributed by atoms with E-state index in [1.54, 1.807) is 0 Å². The molecule has 0 amide bonds. The average Bonchev–Trinajstić information content (AvgIpc) is 3.08. The van der Waals surface area contributed by atoms with Gasteiger partial charge in [-0.05, 0) is 34.8 Å². The zero-order chi connectivity index (χ0) is 13.1. The second kappa shape index (κ2) is 5.97. The van der Waals surface area contributed by atoms with Gasteiger partial charge in [0.25, 0.3) is 0 Å². The highest BCUT2D eigenvalue weighted by Crippen LogP contribution is 2.29. The molecule has 5 heteroatoms. The maximum absolute atomic E-state index is 13.5. The summed E-state index contributed by atoms with van der Waals surface area (Å²) in [5, 5.41) is 3.39. The molecule has 0 aliphatic heterocycles. The number of ether oxygens (including phenoxy) is 1. The molecule has 2 rings (SSSR count). The highest BCUT2D eigenvalue weighted by molar-refractivity contribution is 9.10. The summed E-state index contributed by atoms with van der Waals surface area (Å²) in [6.07, 6.45) is 2.48. The summed E-state index contributed by atoms with van der Waals surface area (Å²) in [5.41, 5.74) is 0. The van der Waals surface area contributed by atoms with Crippen LogP contribution in [0, 0.1) is 17.6 Å². The van der Waals surface area contributed by atoms with Crippen LogP contribution >= 0.6 is 15.9 Å². The van der Waals surface area contributed by atoms with Crippen molar-refractivity contribution in [1.29, 1.82) is 0 Å². The first-order chi connectivity index (χ1) is 8.56. The van der Waals surface area contributed by atoms with Crippen LogP contribution in [0.1, 0.15) is 19.8 Å². The molecule has 1 aliphatic carbocycles. The van der Waals surface area contributed by atoms with Crippen LogP contribution in [0.2, 0.25) is 0 Å². The van der Waals surface area contributed by atoms with Crippen molar-refractivity contribution in [1.82, 2.24) is 5.32 Å². The van der Waals surface area contributed by atoms with Crippen LogP contribution in [0.15, 0.2) is 16.6 Å². The van der Waals surface area contributed by atoms with E-state index in [9.17, 15) is 8.78 Å². The van der Waals surface area contributed by atoms with Crippen LogP contribution in [0.4, 0.5) is 8.78 Å². The molecule has 2 nitrogen and oxygen atoms in total. The van der Waals surface area contributed by atoms with Crippen LogP contribution in [-0.4, -0.2) is 19.2 Å². The van der Waals surface area contributed by atoms with Crippen molar-refractivity contribution in [3.8, 4) is 5.75 Å². The van der Waals surface area contributed by atoms with Crippen molar-refractivity contribution in [2.45, 2.75) is 25.8 Å². The Bertz CT molecular complexity index is 400. The van der Waals surface area contributed by atoms with Gasteiger partial charge in [-0.15, -0.1) is 0 Å². The van der Waals surface area contributed by atoms with E-state index < -0.39 is 11.6 Å². The van der Waals surface area contributed by atoms with E-state index in [1.807, 2.05) is 6.92 Å². The van der Waals surface area contributed by atoms with Gasteiger partial charge in [0.15, 0.2) is 11.6 Å². The van der Waals surface area contributed by atoms with Gasteiger partial charge in [0.05, 0.1) is 11.1 Å². The summed E-state index contributed by atoms with van der Waals surface area (Å²) in [7, 11) is 0. The van der Waals surface area contributed by atoms with Crippen LogP contribution in [0.25, 0.3) is 0 Å². The minimum absolute atomic E-state index is 0.0784. The lowest BCUT2D eigenvalue weighted by molar-refractivity contribution is 0.243. The highest BCUT2D eigenvalue weighted by Gasteiger charge is 2.21. The Morgan fingerprint density at radius 1 is 1.44 bits per heavy atom. The van der Waals surface area contributed by atoms with Gasteiger partial charge in [0, 0.05) is 24.6 Å². The predicted molar refractivity (Wildman–Crippen MR) is 69.7 cm³/mol. The molecule has 1 aliphatic rings. The first-order valence-corrected chi connectivity index (χ1v) is 6.86. The van der Waals surface area contributed by atoms with E-state index >= 15 is 0 Å². The quantitative estimate of drug-likeness (QED) is 0.866. The second-order valence-electron chi connectivity index (χ2n) is 4.80. The molecule has 1 aromatic rings. The fraction of sp³-hybridized carbons (Fsp3) is 0.538. The molecule has 0 saturated heterocycles. The Morgan fingerprint density at radius 2 is 2.17 bits per heavy atom. The Labute approximate surface area is 114 Å². The van der Waals surface area contributed by atoms with Crippen molar-refractivity contribution >= 4 is 15.9 Å². The molecule has 1 saturated carbocycles. The molecule has 0 spiro atoms. The minimum atomic E-state index is -0.677. The van der Waals surface area contributed by atoms with Crippen molar-refractivity contribution in [2.75, 3.05) is 13.2 Å². The van der Waals surface area contributed by atoms with Crippen LogP contribution in [0.3, 0.4) is 0 Å². The number of benzene rings is 1. The van der Waals surface area contributed by atoms with Crippen LogP contribution in [-0.2, 0) is 0 Å². The molecule has 0 aromatic heterocycles. The predicted octanol–water partition coefficient (Wildman–Crippen LogP) is 3.49. The lowest BCUT2D eigenvalue weighted by Gasteiger charge is -2.15. The normalized spacial score (nSPS) is 16.7. The summed E-state index contributed by atoms with van der Waals surface area (Å²) in [4.78, 5) is 0. The fourth-order valence-corrected chi connectivity index (χ4v) is 2.13. The number of hydrogen-bond acceptors (Lipinski definition) is 2. The van der Waals surface area contributed by atoms with Gasteiger partial charge in [0.1, 0.15) is 5.82 Å². The number of hydrogen-bond donors (Lipinski definition) is 1. The highest BCUT2D eigenvalue weighted by atomic mass is 79.9. The van der Waals surface area contributed by atoms with Gasteiger partial charge in [-0.2, -0.15) is 0 Å². The number of nitrogens with one attached hydrogen (secondary N) is 1. The molecule has 18 heavy (non-hydrogen) atoms. The lowest BCUT2D eigenvalue weighted by Crippen LogP contribution is -2.26. The molecule has 1 N–H and O–H groups in total. The third kappa shape index (κ3) is 3.92. The molecule has 100 valence electrons. The van der Waals surface area contributed by atoms with E-state index in [2.05, 4.69) is 21.2 Å². The first-order valence-electron chi connectivity index (χ1n) is 6.07. The number of halogens is 3. The Hall–Kier alpha value is -0.680. The van der Waals surface area contributed by atoms with Gasteiger partial charge in [0.2, 0.25) is 0 Å². The zero-order valence-electron chi connectivity index (χ0n) is 10.2. The summed E-state index contributed by atoms with van der Waals surface area (Å²) in [6.45, 7) is 3.29. The van der Waals surface area contributed by atoms with Crippen LogP contribution < -0.4 is 10.1 Å². The van der Waals surface area contributed by atoms with Crippen molar-refractivity contribution in [3.05, 3.63) is 28.2 Å². The Morgan fingerprint density at radius 3 is 2.78 bits per heavy atom. The SMILES string of the molecule is CC(CNC1CC1)COc1c(F)cc(F)cc1Br. The lowest BCUT2D eigenvalue weighted by atomic mass is 10.2. The average molecular weight is 320 g/mol. The monoisotopic (exact) mass is 319 g/mol. The minimum Gasteiger partial charge on any atom is -0.489 e. The third-order valence-electron chi connectivity index (χ3n) is 2.81. The molecule has 1 atom stereocenters. The largest absolute Gasteiger partial charge is 0.489 e. The molecular formula is C13H16BrF2NO. The van der Waals surface area contributed by atoms with Crippen LogP contribution in [0.5, 0.6) is 5.75 Å². The van der Waals surface area contributed by atoms with E-state index in [1.165, 1.54) is 18.9 Å². The molecule has 0 radical (unpaired) electrons. The fourth-order valence-electron chi connectivity index (χ4n) is 1.61. The standard InChI is InChI=1S/C13H16BrF2NO/c1-8(6-17-10-2-3-10)7-18-13-11(14)4-9(15)5-12(13)16/h4-5,8,10,17H,2-3,6-7H2,1H3. The van der Waals surface area contributed by atoms with Crippen molar-refractivity contribution in [2.24, 2.45) is 5.92 Å². The summed E-state index contributed by atoms with van der Waals surface area (Å²) in [5.74, 6) is -0.934. The van der Waals surface area contributed by atoms with Gasteiger partial charge in [-0.3, -0.25) is 0 Å². The molecule has 1 unspecified atom stereocenters. The zero-order valence-corrected chi connectivity index (χ0v) is 11.8. The van der Waals surface area contributed by atoms with Gasteiger partial charge in [-0.1, -0.05) is 6.92 Å². The first kappa shape index (κ1) is 13.7. The number of rotatable bonds is 6. The maximum atomic E-state index is 13.5. The topological polar surface area (TPSA) is 21.3 Å². The summed E-state index contributed by atoms with van der Waals surface area (Å²) >= 11 is 3.10. The van der Waals surface area contributed by atoms with Crippen molar-refractivity contribution in [3.63, 3.8) is 0 Å². The third-order valence-corrected chi connectivity index (χ3v) is 3.40. The van der Waals surface area contributed by atoms with E-state index in [0.717, 1.165) is 12.6 Å².